The second kappa shape index (κ2) is 9.50. The first kappa shape index (κ1) is 20.5. The van der Waals surface area contributed by atoms with Crippen LogP contribution in [0.5, 0.6) is 0 Å². The third kappa shape index (κ3) is 6.41. The molecular formula is C11H22ClF2N3O3S. The van der Waals surface area contributed by atoms with E-state index in [2.05, 4.69) is 10.6 Å². The number of rotatable bonds is 7. The fourth-order valence-corrected chi connectivity index (χ4v) is 3.01. The van der Waals surface area contributed by atoms with Crippen LogP contribution in [0.25, 0.3) is 0 Å². The van der Waals surface area contributed by atoms with E-state index < -0.39 is 15.8 Å². The van der Waals surface area contributed by atoms with E-state index >= 15 is 0 Å². The Balaban J connectivity index is 0.00000400. The average Bonchev–Trinajstić information content (AvgIpc) is 2.43. The molecule has 0 unspecified atom stereocenters. The van der Waals surface area contributed by atoms with Crippen LogP contribution in [0.3, 0.4) is 0 Å². The van der Waals surface area contributed by atoms with Gasteiger partial charge >= 0.3 is 5.76 Å². The van der Waals surface area contributed by atoms with Crippen LogP contribution in [-0.2, 0) is 14.8 Å². The van der Waals surface area contributed by atoms with Crippen molar-refractivity contribution in [2.24, 2.45) is 5.92 Å². The lowest BCUT2D eigenvalue weighted by atomic mass is 9.98. The molecule has 21 heavy (non-hydrogen) atoms. The Labute approximate surface area is 130 Å². The average molecular weight is 350 g/mol. The molecule has 1 aliphatic rings. The molecule has 2 N–H and O–H groups in total. The molecule has 0 aliphatic carbocycles. The van der Waals surface area contributed by atoms with Gasteiger partial charge in [-0.3, -0.25) is 4.79 Å². The third-order valence-electron chi connectivity index (χ3n) is 3.35. The van der Waals surface area contributed by atoms with Gasteiger partial charge < -0.3 is 10.6 Å². The number of carbonyl (C=O) groups is 1. The van der Waals surface area contributed by atoms with Gasteiger partial charge in [0.05, 0.1) is 0 Å². The highest BCUT2D eigenvalue weighted by Crippen LogP contribution is 2.22. The predicted octanol–water partition coefficient (Wildman–Crippen LogP) is 0.398. The van der Waals surface area contributed by atoms with Gasteiger partial charge in [-0.1, -0.05) is 0 Å². The molecule has 1 saturated heterocycles. The molecule has 0 aromatic carbocycles. The summed E-state index contributed by atoms with van der Waals surface area (Å²) in [5.41, 5.74) is 0. The van der Waals surface area contributed by atoms with Crippen LogP contribution in [0, 0.1) is 5.92 Å². The van der Waals surface area contributed by atoms with Gasteiger partial charge in [-0.15, -0.1) is 12.4 Å². The molecule has 1 aliphatic heterocycles. The second-order valence-electron chi connectivity index (χ2n) is 4.81. The number of piperidine rings is 1. The summed E-state index contributed by atoms with van der Waals surface area (Å²) in [6, 6.07) is 0. The lowest BCUT2D eigenvalue weighted by Crippen LogP contribution is -2.43. The molecule has 0 saturated carbocycles. The molecule has 0 bridgehead atoms. The fourth-order valence-electron chi connectivity index (χ4n) is 2.07. The van der Waals surface area contributed by atoms with E-state index in [4.69, 9.17) is 0 Å². The van der Waals surface area contributed by atoms with E-state index in [1.54, 1.807) is 7.05 Å². The number of halogens is 3. The summed E-state index contributed by atoms with van der Waals surface area (Å²) in [4.78, 5) is 11.4. The quantitative estimate of drug-likeness (QED) is 0.697. The fraction of sp³-hybridized carbons (Fsp3) is 0.909. The zero-order chi connectivity index (χ0) is 15.2. The van der Waals surface area contributed by atoms with Gasteiger partial charge in [-0.05, 0) is 25.8 Å². The maximum atomic E-state index is 12.4. The summed E-state index contributed by atoms with van der Waals surface area (Å²) in [6.07, 6.45) is 1.35. The molecule has 6 nitrogen and oxygen atoms in total. The molecule has 1 heterocycles. The van der Waals surface area contributed by atoms with Crippen molar-refractivity contribution in [3.63, 3.8) is 0 Å². The van der Waals surface area contributed by atoms with Crippen molar-refractivity contribution < 1.29 is 22.0 Å². The highest BCUT2D eigenvalue weighted by molar-refractivity contribution is 7.89. The lowest BCUT2D eigenvalue weighted by Gasteiger charge is -2.30. The van der Waals surface area contributed by atoms with Crippen LogP contribution in [-0.4, -0.2) is 57.6 Å². The Kier molecular flexibility index (Phi) is 9.26. The first-order valence-corrected chi connectivity index (χ1v) is 8.06. The van der Waals surface area contributed by atoms with Gasteiger partial charge in [0, 0.05) is 32.6 Å². The first-order chi connectivity index (χ1) is 9.37. The van der Waals surface area contributed by atoms with Gasteiger partial charge in [0.1, 0.15) is 0 Å². The summed E-state index contributed by atoms with van der Waals surface area (Å²) in [5, 5.41) is 5.63. The van der Waals surface area contributed by atoms with Crippen molar-refractivity contribution in [3.05, 3.63) is 0 Å². The van der Waals surface area contributed by atoms with Crippen molar-refractivity contribution in [3.8, 4) is 0 Å². The standard InChI is InChI=1S/C11H21F2N3O3S.ClH/c1-14-5-2-10(17)15-8-9-3-6-16(7-4-9)20(18,19)11(12)13;/h9,11,14H,2-8H2,1H3,(H,15,17);1H. The van der Waals surface area contributed by atoms with E-state index in [-0.39, 0.29) is 37.3 Å². The Morgan fingerprint density at radius 2 is 1.90 bits per heavy atom. The predicted molar refractivity (Wildman–Crippen MR) is 78.0 cm³/mol. The van der Waals surface area contributed by atoms with Crippen molar-refractivity contribution in [2.75, 3.05) is 33.2 Å². The van der Waals surface area contributed by atoms with Gasteiger partial charge in [0.2, 0.25) is 5.91 Å². The molecule has 0 radical (unpaired) electrons. The van der Waals surface area contributed by atoms with E-state index in [0.29, 0.717) is 32.4 Å². The summed E-state index contributed by atoms with van der Waals surface area (Å²) in [5.74, 6) is -3.29. The van der Waals surface area contributed by atoms with Crippen LogP contribution in [0.1, 0.15) is 19.3 Å². The maximum Gasteiger partial charge on any atom is 0.350 e. The van der Waals surface area contributed by atoms with Gasteiger partial charge in [-0.2, -0.15) is 13.1 Å². The second-order valence-corrected chi connectivity index (χ2v) is 6.71. The molecule has 0 aromatic rings. The number of hydrogen-bond acceptors (Lipinski definition) is 4. The number of hydrogen-bond donors (Lipinski definition) is 2. The molecular weight excluding hydrogens is 328 g/mol. The minimum Gasteiger partial charge on any atom is -0.356 e. The van der Waals surface area contributed by atoms with Crippen molar-refractivity contribution in [2.45, 2.75) is 25.0 Å². The minimum atomic E-state index is -4.46. The first-order valence-electron chi connectivity index (χ1n) is 6.56. The molecule has 1 fully saturated rings. The molecule has 126 valence electrons. The number of nitrogens with zero attached hydrogens (tertiary/aromatic N) is 1. The molecule has 0 aromatic heterocycles. The topological polar surface area (TPSA) is 78.5 Å². The number of sulfonamides is 1. The Morgan fingerprint density at radius 1 is 1.33 bits per heavy atom. The Hall–Kier alpha value is -0.510. The van der Waals surface area contributed by atoms with E-state index in [1.807, 2.05) is 0 Å². The summed E-state index contributed by atoms with van der Waals surface area (Å²) in [6.45, 7) is 1.23. The lowest BCUT2D eigenvalue weighted by molar-refractivity contribution is -0.121. The highest BCUT2D eigenvalue weighted by atomic mass is 35.5. The van der Waals surface area contributed by atoms with E-state index in [9.17, 15) is 22.0 Å². The third-order valence-corrected chi connectivity index (χ3v) is 4.88. The number of alkyl halides is 2. The monoisotopic (exact) mass is 349 g/mol. The molecule has 1 amide bonds. The van der Waals surface area contributed by atoms with Gasteiger partial charge in [0.25, 0.3) is 10.0 Å². The Bertz CT molecular complexity index is 415. The highest BCUT2D eigenvalue weighted by Gasteiger charge is 2.34. The number of carbonyl (C=O) groups excluding carboxylic acids is 1. The molecule has 0 atom stereocenters. The smallest absolute Gasteiger partial charge is 0.350 e. The Morgan fingerprint density at radius 3 is 2.38 bits per heavy atom. The van der Waals surface area contributed by atoms with Crippen LogP contribution in [0.4, 0.5) is 8.78 Å². The van der Waals surface area contributed by atoms with Gasteiger partial charge in [-0.25, -0.2) is 8.42 Å². The summed E-state index contributed by atoms with van der Waals surface area (Å²) in [7, 11) is -2.71. The van der Waals surface area contributed by atoms with Crippen molar-refractivity contribution >= 4 is 28.3 Å². The SMILES string of the molecule is CNCCC(=O)NCC1CCN(S(=O)(=O)C(F)F)CC1.Cl. The summed E-state index contributed by atoms with van der Waals surface area (Å²) >= 11 is 0. The normalized spacial score (nSPS) is 17.5. The summed E-state index contributed by atoms with van der Waals surface area (Å²) < 4.78 is 48.1. The van der Waals surface area contributed by atoms with Crippen LogP contribution >= 0.6 is 12.4 Å². The van der Waals surface area contributed by atoms with Crippen molar-refractivity contribution in [1.82, 2.24) is 14.9 Å². The van der Waals surface area contributed by atoms with E-state index in [0.717, 1.165) is 4.31 Å². The van der Waals surface area contributed by atoms with Crippen LogP contribution in [0.2, 0.25) is 0 Å². The number of nitrogens with one attached hydrogen (secondary N) is 2. The maximum absolute atomic E-state index is 12.4. The van der Waals surface area contributed by atoms with Crippen LogP contribution in [0.15, 0.2) is 0 Å². The zero-order valence-electron chi connectivity index (χ0n) is 11.8. The zero-order valence-corrected chi connectivity index (χ0v) is 13.5. The molecule has 10 heteroatoms. The number of amides is 1. The molecule has 1 rings (SSSR count). The van der Waals surface area contributed by atoms with Crippen LogP contribution < -0.4 is 10.6 Å². The van der Waals surface area contributed by atoms with Gasteiger partial charge in [0.15, 0.2) is 0 Å². The van der Waals surface area contributed by atoms with Crippen molar-refractivity contribution in [1.29, 1.82) is 0 Å². The molecule has 0 spiro atoms. The van der Waals surface area contributed by atoms with E-state index in [1.165, 1.54) is 0 Å². The largest absolute Gasteiger partial charge is 0.356 e. The minimum absolute atomic E-state index is 0.